The molecule has 0 bridgehead atoms. The van der Waals surface area contributed by atoms with E-state index in [4.69, 9.17) is 0 Å². The van der Waals surface area contributed by atoms with E-state index in [1.807, 2.05) is 11.1 Å². The molecular weight excluding hydrogens is 483 g/mol. The van der Waals surface area contributed by atoms with Crippen LogP contribution in [-0.2, 0) is 23.2 Å². The number of halogens is 2. The van der Waals surface area contributed by atoms with E-state index >= 15 is 0 Å². The summed E-state index contributed by atoms with van der Waals surface area (Å²) in [6.07, 6.45) is 22.4. The molecule has 1 aliphatic heterocycles. The minimum atomic E-state index is -1.32. The second kappa shape index (κ2) is 7.22. The molecule has 2 unspecified atom stereocenters. The molecule has 1 saturated heterocycles. The molecule has 27 heavy (non-hydrogen) atoms. The minimum absolute atomic E-state index is 0. The first-order chi connectivity index (χ1) is 11.9. The molecule has 4 aliphatic carbocycles. The summed E-state index contributed by atoms with van der Waals surface area (Å²) in [5.74, 6) is 0. The van der Waals surface area contributed by atoms with Crippen LogP contribution >= 0.6 is 0 Å². The van der Waals surface area contributed by atoms with Gasteiger partial charge in [0.2, 0.25) is 0 Å². The Balaban J connectivity index is 0.00000105. The Hall–Kier alpha value is 0.857. The van der Waals surface area contributed by atoms with Crippen molar-refractivity contribution in [2.45, 2.75) is 83.0 Å². The zero-order valence-electron chi connectivity index (χ0n) is 17.2. The zero-order chi connectivity index (χ0) is 17.5. The third kappa shape index (κ3) is 2.60. The molecule has 1 fully saturated rings. The topological polar surface area (TPSA) is 0 Å². The van der Waals surface area contributed by atoms with Crippen LogP contribution < -0.4 is 24.8 Å². The molecule has 0 radical (unpaired) electrons. The molecule has 146 valence electrons. The quantitative estimate of drug-likeness (QED) is 0.421. The maximum absolute atomic E-state index is 2.83. The monoisotopic (exact) mass is 512 g/mol. The number of hydrogen-bond donors (Lipinski definition) is 0. The van der Waals surface area contributed by atoms with Gasteiger partial charge >= 0.3 is 168 Å². The summed E-state index contributed by atoms with van der Waals surface area (Å²) in [7, 11) is -2.65. The van der Waals surface area contributed by atoms with Crippen molar-refractivity contribution >= 4 is 15.2 Å². The van der Waals surface area contributed by atoms with Gasteiger partial charge in [-0.15, -0.1) is 0 Å². The van der Waals surface area contributed by atoms with Crippen LogP contribution in [-0.4, -0.2) is 15.2 Å². The van der Waals surface area contributed by atoms with Crippen LogP contribution in [0.2, 0.25) is 31.7 Å². The molecule has 0 aromatic carbocycles. The van der Waals surface area contributed by atoms with Gasteiger partial charge in [0.05, 0.1) is 0 Å². The molecule has 2 atom stereocenters. The predicted molar refractivity (Wildman–Crippen MR) is 110 cm³/mol. The van der Waals surface area contributed by atoms with Crippen molar-refractivity contribution in [3.63, 3.8) is 0 Å². The van der Waals surface area contributed by atoms with Crippen LogP contribution in [0.15, 0.2) is 46.6 Å². The first-order valence-electron chi connectivity index (χ1n) is 10.5. The van der Waals surface area contributed by atoms with Crippen molar-refractivity contribution in [3.05, 3.63) is 46.6 Å². The van der Waals surface area contributed by atoms with Crippen LogP contribution in [0, 0.1) is 0 Å². The van der Waals surface area contributed by atoms with Crippen molar-refractivity contribution < 1.29 is 48.0 Å². The second-order valence-electron chi connectivity index (χ2n) is 10.1. The molecule has 0 N–H and O–H groups in total. The van der Waals surface area contributed by atoms with E-state index in [9.17, 15) is 0 Å². The van der Waals surface area contributed by atoms with E-state index in [2.05, 4.69) is 50.5 Å². The summed E-state index contributed by atoms with van der Waals surface area (Å²) in [4.78, 5) is 0. The van der Waals surface area contributed by atoms with Gasteiger partial charge in [-0.25, -0.2) is 0 Å². The van der Waals surface area contributed by atoms with Gasteiger partial charge in [-0.05, 0) is 0 Å². The Labute approximate surface area is 191 Å². The molecule has 0 nitrogen and oxygen atoms in total. The largest absolute Gasteiger partial charge is 1.00 e. The smallest absolute Gasteiger partial charge is 1.00 e. The van der Waals surface area contributed by atoms with E-state index in [0.717, 1.165) is 0 Å². The van der Waals surface area contributed by atoms with Gasteiger partial charge in [0.1, 0.15) is 0 Å². The minimum Gasteiger partial charge on any atom is -1.00 e. The molecule has 2 spiro atoms. The fraction of sp³-hybridized carbons (Fsp3) is 0.636. The molecular formula is C22H32Cl2Si2Zr. The van der Waals surface area contributed by atoms with Gasteiger partial charge in [0, 0.05) is 0 Å². The number of rotatable bonds is 0. The second-order valence-corrected chi connectivity index (χ2v) is 32.6. The SMILES string of the molecule is C[Si]1(C)[C]2(C=CC3=C2CCCC3)[Zr+2][C]2(C=CC3=C2CCCC3)[Si]1(C)C.[Cl-].[Cl-]. The Morgan fingerprint density at radius 3 is 1.44 bits per heavy atom. The van der Waals surface area contributed by atoms with E-state index in [-0.39, 0.29) is 24.8 Å². The van der Waals surface area contributed by atoms with Gasteiger partial charge < -0.3 is 24.8 Å². The number of allylic oxidation sites excluding steroid dienone is 8. The van der Waals surface area contributed by atoms with Gasteiger partial charge in [-0.2, -0.15) is 0 Å². The Morgan fingerprint density at radius 1 is 0.667 bits per heavy atom. The number of hydrogen-bond acceptors (Lipinski definition) is 0. The molecule has 5 aliphatic rings. The first kappa shape index (κ1) is 22.5. The predicted octanol–water partition coefficient (Wildman–Crippen LogP) is 0.862. The number of fused-ring (bicyclic) bond motifs is 2. The Bertz CT molecular complexity index is 713. The third-order valence-electron chi connectivity index (χ3n) is 8.97. The first-order valence-corrected chi connectivity index (χ1v) is 19.9. The third-order valence-corrected chi connectivity index (χ3v) is 47.3. The summed E-state index contributed by atoms with van der Waals surface area (Å²) in [5, 5.41) is 0. The standard InChI is InChI=1S/C22H32Si2.2ClH.Zr/c1-23(2,21-15-13-17-9-5-7-11-19(17)21)24(3,4)22-16-14-18-10-6-8-12-20(18)22;;;/h13-16H,5-12H2,1-4H3;2*1H;/q;;;+2/p-2. The van der Waals surface area contributed by atoms with Crippen LogP contribution in [0.25, 0.3) is 0 Å². The van der Waals surface area contributed by atoms with Gasteiger partial charge in [0.15, 0.2) is 0 Å². The van der Waals surface area contributed by atoms with Crippen molar-refractivity contribution in [3.8, 4) is 0 Å². The van der Waals surface area contributed by atoms with E-state index in [1.54, 1.807) is 11.1 Å². The molecule has 1 heterocycles. The van der Waals surface area contributed by atoms with E-state index < -0.39 is 38.4 Å². The van der Waals surface area contributed by atoms with Crippen molar-refractivity contribution in [2.24, 2.45) is 0 Å². The maximum Gasteiger partial charge on any atom is -1.00 e. The van der Waals surface area contributed by atoms with Gasteiger partial charge in [0.25, 0.3) is 0 Å². The summed E-state index contributed by atoms with van der Waals surface area (Å²) in [6, 6.07) is 0. The van der Waals surface area contributed by atoms with Crippen molar-refractivity contribution in [1.29, 1.82) is 0 Å². The molecule has 0 aromatic rings. The maximum atomic E-state index is 2.83. The van der Waals surface area contributed by atoms with Crippen LogP contribution in [0.1, 0.15) is 51.4 Å². The van der Waals surface area contributed by atoms with Crippen LogP contribution in [0.3, 0.4) is 0 Å². The normalized spacial score (nSPS) is 36.9. The zero-order valence-corrected chi connectivity index (χ0v) is 23.2. The van der Waals surface area contributed by atoms with E-state index in [1.165, 1.54) is 51.4 Å². The van der Waals surface area contributed by atoms with Gasteiger partial charge in [-0.3, -0.25) is 0 Å². The molecule has 0 saturated carbocycles. The summed E-state index contributed by atoms with van der Waals surface area (Å²) < 4.78 is 1.32. The van der Waals surface area contributed by atoms with Crippen molar-refractivity contribution in [2.75, 3.05) is 0 Å². The van der Waals surface area contributed by atoms with E-state index in [0.29, 0.717) is 5.49 Å². The van der Waals surface area contributed by atoms with Crippen molar-refractivity contribution in [1.82, 2.24) is 0 Å². The summed E-state index contributed by atoms with van der Waals surface area (Å²) >= 11 is -0.597. The molecule has 5 rings (SSSR count). The average Bonchev–Trinajstić information content (AvgIpc) is 3.20. The summed E-state index contributed by atoms with van der Waals surface area (Å²) in [6.45, 7) is 11.3. The summed E-state index contributed by atoms with van der Waals surface area (Å²) in [5.41, 5.74) is 7.60. The molecule has 0 amide bonds. The Kier molecular flexibility index (Phi) is 6.03. The van der Waals surface area contributed by atoms with Crippen LogP contribution in [0.5, 0.6) is 0 Å². The fourth-order valence-electron chi connectivity index (χ4n) is 6.79. The molecule has 5 heteroatoms. The fourth-order valence-corrected chi connectivity index (χ4v) is 48.0. The Morgan fingerprint density at radius 2 is 1.04 bits per heavy atom. The average molecular weight is 515 g/mol. The molecule has 0 aromatic heterocycles. The van der Waals surface area contributed by atoms with Crippen LogP contribution in [0.4, 0.5) is 0 Å². The van der Waals surface area contributed by atoms with Gasteiger partial charge in [-0.1, -0.05) is 0 Å².